The molecule has 1 N–H and O–H groups in total. The van der Waals surface area contributed by atoms with E-state index in [0.717, 1.165) is 18.2 Å². The molecule has 0 heterocycles. The number of amides is 1. The Labute approximate surface area is 129 Å². The summed E-state index contributed by atoms with van der Waals surface area (Å²) in [5, 5.41) is 0. The Morgan fingerprint density at radius 2 is 1.74 bits per heavy atom. The monoisotopic (exact) mass is 345 g/mol. The molecule has 0 atom stereocenters. The van der Waals surface area contributed by atoms with Gasteiger partial charge in [-0.05, 0) is 30.3 Å². The van der Waals surface area contributed by atoms with E-state index >= 15 is 0 Å². The number of carbonyl (C=O) groups is 1. The summed E-state index contributed by atoms with van der Waals surface area (Å²) in [5.41, 5.74) is 0. The van der Waals surface area contributed by atoms with Crippen molar-refractivity contribution in [1.29, 1.82) is 0 Å². The van der Waals surface area contributed by atoms with E-state index < -0.39 is 44.9 Å². The normalized spacial score (nSPS) is 11.1. The van der Waals surface area contributed by atoms with Gasteiger partial charge in [-0.15, -0.1) is 0 Å². The van der Waals surface area contributed by atoms with Crippen LogP contribution in [-0.2, 0) is 14.8 Å². The maximum Gasteiger partial charge on any atom is 0.271 e. The predicted molar refractivity (Wildman–Crippen MR) is 73.6 cm³/mol. The smallest absolute Gasteiger partial charge is 0.271 e. The second kappa shape index (κ2) is 6.69. The number of benzene rings is 2. The fourth-order valence-corrected chi connectivity index (χ4v) is 2.68. The first-order valence-electron chi connectivity index (χ1n) is 6.17. The van der Waals surface area contributed by atoms with Gasteiger partial charge in [0.25, 0.3) is 15.9 Å². The van der Waals surface area contributed by atoms with Crippen LogP contribution in [0.5, 0.6) is 5.75 Å². The molecule has 0 spiro atoms. The molecule has 0 saturated carbocycles. The lowest BCUT2D eigenvalue weighted by molar-refractivity contribution is -0.121. The molecule has 0 aromatic heterocycles. The molecule has 23 heavy (non-hydrogen) atoms. The van der Waals surface area contributed by atoms with Crippen molar-refractivity contribution in [3.8, 4) is 5.75 Å². The summed E-state index contributed by atoms with van der Waals surface area (Å²) >= 11 is 0. The molecule has 2 aromatic carbocycles. The highest BCUT2D eigenvalue weighted by molar-refractivity contribution is 7.90. The van der Waals surface area contributed by atoms with Gasteiger partial charge >= 0.3 is 0 Å². The van der Waals surface area contributed by atoms with E-state index in [4.69, 9.17) is 4.74 Å². The van der Waals surface area contributed by atoms with Crippen molar-refractivity contribution in [2.24, 2.45) is 0 Å². The van der Waals surface area contributed by atoms with Crippen molar-refractivity contribution in [2.45, 2.75) is 4.90 Å². The van der Waals surface area contributed by atoms with E-state index in [-0.39, 0.29) is 5.75 Å². The molecule has 0 fully saturated rings. The lowest BCUT2D eigenvalue weighted by atomic mass is 10.3. The van der Waals surface area contributed by atoms with Crippen LogP contribution < -0.4 is 9.46 Å². The van der Waals surface area contributed by atoms with Crippen LogP contribution >= 0.6 is 0 Å². The summed E-state index contributed by atoms with van der Waals surface area (Å²) in [5.74, 6) is -3.90. The summed E-state index contributed by atoms with van der Waals surface area (Å²) in [7, 11) is -4.59. The molecule has 1 amide bonds. The average Bonchev–Trinajstić information content (AvgIpc) is 2.47. The third kappa shape index (κ3) is 4.46. The molecule has 0 radical (unpaired) electrons. The molecular formula is C14H10F3NO4S. The number of halogens is 3. The lowest BCUT2D eigenvalue weighted by Crippen LogP contribution is -2.34. The van der Waals surface area contributed by atoms with Crippen LogP contribution in [-0.4, -0.2) is 20.9 Å². The topological polar surface area (TPSA) is 72.5 Å². The molecule has 0 unspecified atom stereocenters. The molecule has 9 heteroatoms. The first-order valence-corrected chi connectivity index (χ1v) is 7.65. The van der Waals surface area contributed by atoms with Gasteiger partial charge < -0.3 is 4.74 Å². The number of hydrogen-bond donors (Lipinski definition) is 1. The number of carbonyl (C=O) groups excluding carboxylic acids is 1. The zero-order chi connectivity index (χ0) is 17.0. The van der Waals surface area contributed by atoms with Gasteiger partial charge in [-0.3, -0.25) is 4.79 Å². The molecule has 0 aliphatic heterocycles. The Kier molecular flexibility index (Phi) is 4.89. The van der Waals surface area contributed by atoms with Crippen LogP contribution in [0.2, 0.25) is 0 Å². The van der Waals surface area contributed by atoms with E-state index in [1.54, 1.807) is 0 Å². The van der Waals surface area contributed by atoms with E-state index in [2.05, 4.69) is 0 Å². The Morgan fingerprint density at radius 3 is 2.43 bits per heavy atom. The average molecular weight is 345 g/mol. The number of hydrogen-bond acceptors (Lipinski definition) is 4. The number of sulfonamides is 1. The van der Waals surface area contributed by atoms with Gasteiger partial charge in [-0.1, -0.05) is 6.07 Å². The van der Waals surface area contributed by atoms with Crippen LogP contribution in [0.25, 0.3) is 0 Å². The molecule has 2 rings (SSSR count). The summed E-state index contributed by atoms with van der Waals surface area (Å²) in [6.45, 7) is -0.750. The van der Waals surface area contributed by atoms with Gasteiger partial charge in [-0.2, -0.15) is 0 Å². The van der Waals surface area contributed by atoms with Gasteiger partial charge in [0, 0.05) is 6.07 Å². The zero-order valence-corrected chi connectivity index (χ0v) is 12.2. The van der Waals surface area contributed by atoms with Crippen LogP contribution in [0.1, 0.15) is 0 Å². The Morgan fingerprint density at radius 1 is 1.04 bits per heavy atom. The lowest BCUT2D eigenvalue weighted by Gasteiger charge is -2.09. The van der Waals surface area contributed by atoms with Crippen molar-refractivity contribution in [3.05, 3.63) is 59.9 Å². The SMILES string of the molecule is O=C(COc1cccc(F)c1)NS(=O)(=O)c1cc(F)ccc1F. The minimum Gasteiger partial charge on any atom is -0.484 e. The Balaban J connectivity index is 2.05. The van der Waals surface area contributed by atoms with Crippen molar-refractivity contribution < 1.29 is 31.1 Å². The molecule has 0 bridgehead atoms. The van der Waals surface area contributed by atoms with Crippen molar-refractivity contribution >= 4 is 15.9 Å². The van der Waals surface area contributed by atoms with Gasteiger partial charge in [0.15, 0.2) is 6.61 Å². The van der Waals surface area contributed by atoms with Crippen LogP contribution in [0.3, 0.4) is 0 Å². The largest absolute Gasteiger partial charge is 0.484 e. The van der Waals surface area contributed by atoms with Crippen LogP contribution in [0.4, 0.5) is 13.2 Å². The van der Waals surface area contributed by atoms with E-state index in [9.17, 15) is 26.4 Å². The molecule has 2 aromatic rings. The highest BCUT2D eigenvalue weighted by atomic mass is 32.2. The zero-order valence-electron chi connectivity index (χ0n) is 11.4. The maximum atomic E-state index is 13.4. The highest BCUT2D eigenvalue weighted by Gasteiger charge is 2.22. The standard InChI is InChI=1S/C14H10F3NO4S/c15-9-2-1-3-11(6-9)22-8-14(19)18-23(20,21)13-7-10(16)4-5-12(13)17/h1-7H,8H2,(H,18,19). The van der Waals surface area contributed by atoms with Crippen molar-refractivity contribution in [2.75, 3.05) is 6.61 Å². The first kappa shape index (κ1) is 16.8. The Bertz CT molecular complexity index is 840. The second-order valence-electron chi connectivity index (χ2n) is 4.35. The Hall–Kier alpha value is -2.55. The molecule has 122 valence electrons. The predicted octanol–water partition coefficient (Wildman–Crippen LogP) is 1.99. The van der Waals surface area contributed by atoms with Gasteiger partial charge in [-0.25, -0.2) is 26.3 Å². The molecule has 5 nitrogen and oxygen atoms in total. The van der Waals surface area contributed by atoms with Crippen LogP contribution in [0.15, 0.2) is 47.4 Å². The van der Waals surface area contributed by atoms with Crippen molar-refractivity contribution in [3.63, 3.8) is 0 Å². The minimum atomic E-state index is -4.59. The number of nitrogens with one attached hydrogen (secondary N) is 1. The van der Waals surface area contributed by atoms with E-state index in [1.807, 2.05) is 0 Å². The van der Waals surface area contributed by atoms with Gasteiger partial charge in [0.1, 0.15) is 28.1 Å². The maximum absolute atomic E-state index is 13.4. The molecule has 0 saturated heterocycles. The van der Waals surface area contributed by atoms with Gasteiger partial charge in [0.05, 0.1) is 0 Å². The fraction of sp³-hybridized carbons (Fsp3) is 0.0714. The highest BCUT2D eigenvalue weighted by Crippen LogP contribution is 2.16. The number of ether oxygens (including phenoxy) is 1. The summed E-state index contributed by atoms with van der Waals surface area (Å²) in [6.07, 6.45) is 0. The summed E-state index contributed by atoms with van der Waals surface area (Å²) in [4.78, 5) is 10.6. The molecule has 0 aliphatic carbocycles. The first-order chi connectivity index (χ1) is 10.8. The quantitative estimate of drug-likeness (QED) is 0.900. The minimum absolute atomic E-state index is 0.00878. The third-order valence-corrected chi connectivity index (χ3v) is 3.99. The van der Waals surface area contributed by atoms with Crippen LogP contribution in [0, 0.1) is 17.5 Å². The number of rotatable bonds is 5. The molecule has 0 aliphatic rings. The third-order valence-electron chi connectivity index (χ3n) is 2.60. The van der Waals surface area contributed by atoms with E-state index in [1.165, 1.54) is 16.9 Å². The fourth-order valence-electron chi connectivity index (χ4n) is 1.62. The van der Waals surface area contributed by atoms with Crippen molar-refractivity contribution in [1.82, 2.24) is 4.72 Å². The second-order valence-corrected chi connectivity index (χ2v) is 6.00. The molecular weight excluding hydrogens is 335 g/mol. The summed E-state index contributed by atoms with van der Waals surface area (Å²) < 4.78 is 69.5. The summed E-state index contributed by atoms with van der Waals surface area (Å²) in [6, 6.07) is 6.65. The van der Waals surface area contributed by atoms with Gasteiger partial charge in [0.2, 0.25) is 0 Å². The van der Waals surface area contributed by atoms with E-state index in [0.29, 0.717) is 12.1 Å².